The molecule has 1 amide bonds. The number of hydrogen-bond acceptors (Lipinski definition) is 6. The first kappa shape index (κ1) is 35.6. The summed E-state index contributed by atoms with van der Waals surface area (Å²) >= 11 is 1.48. The number of carbonyl (C=O) groups is 2. The van der Waals surface area contributed by atoms with Gasteiger partial charge in [-0.15, -0.1) is 0 Å². The van der Waals surface area contributed by atoms with E-state index in [1.54, 1.807) is 24.3 Å². The Bertz CT molecular complexity index is 1660. The molecule has 0 bridgehead atoms. The van der Waals surface area contributed by atoms with Gasteiger partial charge in [-0.1, -0.05) is 42.5 Å². The van der Waals surface area contributed by atoms with Crippen molar-refractivity contribution in [3.05, 3.63) is 130 Å². The van der Waals surface area contributed by atoms with Gasteiger partial charge in [0.1, 0.15) is 11.6 Å². The van der Waals surface area contributed by atoms with Gasteiger partial charge in [0.25, 0.3) is 5.91 Å². The van der Waals surface area contributed by atoms with Gasteiger partial charge in [-0.25, -0.2) is 8.78 Å². The first-order valence-corrected chi connectivity index (χ1v) is 15.4. The Morgan fingerprint density at radius 1 is 0.889 bits per heavy atom. The summed E-state index contributed by atoms with van der Waals surface area (Å²) in [5.41, 5.74) is 5.45. The molecule has 6 nitrogen and oxygen atoms in total. The number of nitriles is 1. The van der Waals surface area contributed by atoms with Crippen molar-refractivity contribution in [3.8, 4) is 17.2 Å². The molecule has 0 saturated carbocycles. The number of carboxylic acid groups (broad SMARTS) is 1. The van der Waals surface area contributed by atoms with Crippen molar-refractivity contribution in [2.45, 2.75) is 39.0 Å². The fourth-order valence-electron chi connectivity index (χ4n) is 5.04. The van der Waals surface area contributed by atoms with Gasteiger partial charge in [0.15, 0.2) is 0 Å². The smallest absolute Gasteiger partial charge is 0.548 e. The number of amides is 1. The predicted octanol–water partition coefficient (Wildman–Crippen LogP) is 2.62. The molecule has 0 fully saturated rings. The zero-order chi connectivity index (χ0) is 31.6. The summed E-state index contributed by atoms with van der Waals surface area (Å²) in [6.07, 6.45) is 2.09. The van der Waals surface area contributed by atoms with E-state index in [1.165, 1.54) is 23.9 Å². The van der Waals surface area contributed by atoms with Gasteiger partial charge in [0.2, 0.25) is 0 Å². The van der Waals surface area contributed by atoms with Crippen LogP contribution in [0.2, 0.25) is 0 Å². The molecule has 1 atom stereocenters. The van der Waals surface area contributed by atoms with E-state index in [1.807, 2.05) is 60.5 Å². The molecule has 0 radical (unpaired) electrons. The van der Waals surface area contributed by atoms with Crippen LogP contribution in [0, 0.1) is 29.9 Å². The van der Waals surface area contributed by atoms with E-state index in [-0.39, 0.29) is 31.8 Å². The van der Waals surface area contributed by atoms with Gasteiger partial charge in [-0.05, 0) is 95.1 Å². The maximum absolute atomic E-state index is 14.1. The maximum Gasteiger partial charge on any atom is 1.00 e. The summed E-state index contributed by atoms with van der Waals surface area (Å²) in [5.74, 6) is -2.64. The van der Waals surface area contributed by atoms with Crippen molar-refractivity contribution in [2.24, 2.45) is 0 Å². The van der Waals surface area contributed by atoms with Crippen LogP contribution in [0.15, 0.2) is 84.9 Å². The van der Waals surface area contributed by atoms with E-state index in [0.29, 0.717) is 41.1 Å². The Morgan fingerprint density at radius 2 is 1.51 bits per heavy atom. The first-order valence-electron chi connectivity index (χ1n) is 14.0. The molecular weight excluding hydrogens is 587 g/mol. The number of nitrogens with one attached hydrogen (secondary N) is 1. The Kier molecular flexibility index (Phi) is 13.4. The average Bonchev–Trinajstić information content (AvgIpc) is 2.99. The van der Waals surface area contributed by atoms with Crippen molar-refractivity contribution >= 4 is 23.6 Å². The van der Waals surface area contributed by atoms with E-state index in [4.69, 9.17) is 0 Å². The Balaban J connectivity index is 0.00000552. The number of carboxylic acids is 1. The van der Waals surface area contributed by atoms with Crippen LogP contribution < -0.4 is 29.3 Å². The van der Waals surface area contributed by atoms with Crippen molar-refractivity contribution in [3.63, 3.8) is 0 Å². The normalized spacial score (nSPS) is 11.4. The van der Waals surface area contributed by atoms with Crippen LogP contribution in [0.5, 0.6) is 0 Å². The summed E-state index contributed by atoms with van der Waals surface area (Å²) in [6, 6.07) is 24.5. The van der Waals surface area contributed by atoms with Crippen LogP contribution in [-0.2, 0) is 24.4 Å². The number of nitrogens with zero attached hydrogens (tertiary/aromatic N) is 2. The summed E-state index contributed by atoms with van der Waals surface area (Å²) < 4.78 is 28.1. The minimum absolute atomic E-state index is 0. The van der Waals surface area contributed by atoms with E-state index in [0.717, 1.165) is 28.3 Å². The number of carbonyl (C=O) groups excluding carboxylic acids is 2. The molecule has 0 aliphatic heterocycles. The molecule has 0 aliphatic carbocycles. The second kappa shape index (κ2) is 17.0. The SMILES string of the molecule is CSCCC(NC(=O)c1ccc(CN(Cc2ccc(C#N)cc2)Cc2cc(F)cc(F)c2)cc1-c1ccccc1C)C(=O)[O-].[Li+]. The van der Waals surface area contributed by atoms with E-state index >= 15 is 0 Å². The van der Waals surface area contributed by atoms with E-state index < -0.39 is 29.6 Å². The van der Waals surface area contributed by atoms with Crippen LogP contribution in [0.1, 0.15) is 44.6 Å². The molecule has 0 aliphatic rings. The molecule has 0 aromatic heterocycles. The average molecular weight is 620 g/mol. The van der Waals surface area contributed by atoms with Crippen molar-refractivity contribution < 1.29 is 42.3 Å². The van der Waals surface area contributed by atoms with Crippen molar-refractivity contribution in [1.29, 1.82) is 5.26 Å². The van der Waals surface area contributed by atoms with Gasteiger partial charge >= 0.3 is 18.9 Å². The molecule has 1 unspecified atom stereocenters. The Labute approximate surface area is 278 Å². The number of halogens is 2. The van der Waals surface area contributed by atoms with Gasteiger partial charge in [0.05, 0.1) is 23.6 Å². The molecule has 0 spiro atoms. The summed E-state index contributed by atoms with van der Waals surface area (Å²) in [6.45, 7) is 2.96. The second-order valence-corrected chi connectivity index (χ2v) is 11.5. The largest absolute Gasteiger partial charge is 1.00 e. The predicted molar refractivity (Wildman–Crippen MR) is 166 cm³/mol. The number of benzene rings is 4. The van der Waals surface area contributed by atoms with Gasteiger partial charge in [-0.2, -0.15) is 17.0 Å². The molecule has 45 heavy (non-hydrogen) atoms. The molecule has 0 saturated heterocycles. The molecule has 0 heterocycles. The standard InChI is InChI=1S/C35H33F2N3O3S.Li/c1-23-5-3-4-6-30(23)32-17-26(11-12-31(32)34(41)39-33(35(42)43)13-14-44-2)21-40(20-25-9-7-24(19-38)8-10-25)22-27-15-28(36)18-29(37)16-27;/h3-12,15-18,33H,13-14,20-22H2,1-2H3,(H,39,41)(H,42,43);/q;+1/p-1. The summed E-state index contributed by atoms with van der Waals surface area (Å²) in [7, 11) is 0. The number of aliphatic carboxylic acids is 1. The Morgan fingerprint density at radius 3 is 2.13 bits per heavy atom. The quantitative estimate of drug-likeness (QED) is 0.231. The minimum Gasteiger partial charge on any atom is -0.548 e. The molecule has 226 valence electrons. The van der Waals surface area contributed by atoms with Crippen LogP contribution in [0.4, 0.5) is 8.78 Å². The van der Waals surface area contributed by atoms with Crippen LogP contribution >= 0.6 is 11.8 Å². The first-order chi connectivity index (χ1) is 21.2. The Hall–Kier alpha value is -3.92. The fraction of sp³-hybridized carbons (Fsp3) is 0.229. The van der Waals surface area contributed by atoms with Crippen molar-refractivity contribution in [2.75, 3.05) is 12.0 Å². The van der Waals surface area contributed by atoms with Gasteiger partial charge in [-0.3, -0.25) is 9.69 Å². The summed E-state index contributed by atoms with van der Waals surface area (Å²) in [4.78, 5) is 27.2. The molecule has 4 rings (SSSR count). The van der Waals surface area contributed by atoms with E-state index in [2.05, 4.69) is 11.4 Å². The van der Waals surface area contributed by atoms with E-state index in [9.17, 15) is 28.7 Å². The zero-order valence-corrected chi connectivity index (χ0v) is 26.3. The molecule has 4 aromatic rings. The van der Waals surface area contributed by atoms with Crippen LogP contribution in [0.3, 0.4) is 0 Å². The topological polar surface area (TPSA) is 96.3 Å². The minimum atomic E-state index is -1.34. The monoisotopic (exact) mass is 619 g/mol. The molecule has 1 N–H and O–H groups in total. The fourth-order valence-corrected chi connectivity index (χ4v) is 5.51. The van der Waals surface area contributed by atoms with Crippen LogP contribution in [-0.4, -0.2) is 34.8 Å². The summed E-state index contributed by atoms with van der Waals surface area (Å²) in [5, 5.41) is 23.5. The third kappa shape index (κ3) is 10.0. The maximum atomic E-state index is 14.1. The molecule has 10 heteroatoms. The third-order valence-electron chi connectivity index (χ3n) is 7.19. The molecular formula is C35H32F2LiN3O3S. The molecule has 4 aromatic carbocycles. The zero-order valence-electron chi connectivity index (χ0n) is 25.5. The number of rotatable bonds is 13. The second-order valence-electron chi connectivity index (χ2n) is 10.6. The number of thioether (sulfide) groups is 1. The van der Waals surface area contributed by atoms with Crippen LogP contribution in [0.25, 0.3) is 11.1 Å². The number of aryl methyl sites for hydroxylation is 1. The van der Waals surface area contributed by atoms with Gasteiger partial charge in [0, 0.05) is 31.3 Å². The third-order valence-corrected chi connectivity index (χ3v) is 7.83. The number of hydrogen-bond donors (Lipinski definition) is 1. The van der Waals surface area contributed by atoms with Gasteiger partial charge < -0.3 is 15.2 Å². The van der Waals surface area contributed by atoms with Crippen molar-refractivity contribution in [1.82, 2.24) is 10.2 Å².